The van der Waals surface area contributed by atoms with Crippen molar-refractivity contribution >= 4 is 32.7 Å². The number of carbonyl (C=O) groups is 1. The molecule has 0 spiro atoms. The van der Waals surface area contributed by atoms with Gasteiger partial charge in [-0.05, 0) is 23.8 Å². The first-order chi connectivity index (χ1) is 11.6. The van der Waals surface area contributed by atoms with Crippen molar-refractivity contribution in [2.45, 2.75) is 13.0 Å². The van der Waals surface area contributed by atoms with E-state index in [9.17, 15) is 9.59 Å². The van der Waals surface area contributed by atoms with E-state index in [1.54, 1.807) is 18.2 Å². The summed E-state index contributed by atoms with van der Waals surface area (Å²) in [6, 6.07) is 14.8. The van der Waals surface area contributed by atoms with Crippen molar-refractivity contribution in [3.8, 4) is 0 Å². The number of fused-ring (bicyclic) bond motifs is 1. The number of halogens is 1. The highest BCUT2D eigenvalue weighted by molar-refractivity contribution is 9.10. The van der Waals surface area contributed by atoms with Crippen molar-refractivity contribution in [3.05, 3.63) is 74.6 Å². The van der Waals surface area contributed by atoms with Gasteiger partial charge in [0.1, 0.15) is 0 Å². The van der Waals surface area contributed by atoms with Crippen LogP contribution in [0.4, 0.5) is 0 Å². The van der Waals surface area contributed by atoms with E-state index in [2.05, 4.69) is 21.0 Å². The number of carbonyl (C=O) groups excluding carboxylic acids is 1. The molecular formula is C18H15BrN2O3. The van der Waals surface area contributed by atoms with Gasteiger partial charge in [0.15, 0.2) is 0 Å². The molecular weight excluding hydrogens is 372 g/mol. The number of nitrogens with zero attached hydrogens (tertiary/aromatic N) is 2. The zero-order valence-corrected chi connectivity index (χ0v) is 14.6. The van der Waals surface area contributed by atoms with Crippen molar-refractivity contribution in [2.24, 2.45) is 0 Å². The van der Waals surface area contributed by atoms with Crippen LogP contribution >= 0.6 is 15.9 Å². The summed E-state index contributed by atoms with van der Waals surface area (Å²) in [5.41, 5.74) is 1.31. The first-order valence-electron chi connectivity index (χ1n) is 7.38. The van der Waals surface area contributed by atoms with E-state index in [1.165, 1.54) is 11.8 Å². The summed E-state index contributed by atoms with van der Waals surface area (Å²) in [5.74, 6) is -0.388. The second-order valence-electron chi connectivity index (χ2n) is 5.33. The summed E-state index contributed by atoms with van der Waals surface area (Å²) in [6.45, 7) is 0.338. The normalized spacial score (nSPS) is 10.8. The van der Waals surface area contributed by atoms with Crippen LogP contribution in [-0.2, 0) is 22.5 Å². The minimum atomic E-state index is -0.388. The lowest BCUT2D eigenvalue weighted by molar-refractivity contribution is -0.139. The molecule has 0 aliphatic rings. The molecule has 1 aromatic heterocycles. The summed E-state index contributed by atoms with van der Waals surface area (Å²) in [7, 11) is 1.34. The van der Waals surface area contributed by atoms with E-state index in [1.807, 2.05) is 30.3 Å². The van der Waals surface area contributed by atoms with Gasteiger partial charge in [-0.2, -0.15) is 5.10 Å². The van der Waals surface area contributed by atoms with E-state index in [4.69, 9.17) is 4.74 Å². The fourth-order valence-electron chi connectivity index (χ4n) is 2.51. The Morgan fingerprint density at radius 3 is 2.46 bits per heavy atom. The third-order valence-corrected chi connectivity index (χ3v) is 4.26. The van der Waals surface area contributed by atoms with E-state index >= 15 is 0 Å². The molecule has 0 fully saturated rings. The van der Waals surface area contributed by atoms with Gasteiger partial charge in [-0.3, -0.25) is 9.59 Å². The van der Waals surface area contributed by atoms with Crippen molar-refractivity contribution in [2.75, 3.05) is 7.11 Å². The Kier molecular flexibility index (Phi) is 4.76. The van der Waals surface area contributed by atoms with Crippen molar-refractivity contribution in [1.29, 1.82) is 0 Å². The monoisotopic (exact) mass is 386 g/mol. The van der Waals surface area contributed by atoms with Gasteiger partial charge in [0.25, 0.3) is 5.56 Å². The average Bonchev–Trinajstić information content (AvgIpc) is 2.60. The molecule has 2 aromatic carbocycles. The topological polar surface area (TPSA) is 61.2 Å². The number of hydrogen-bond acceptors (Lipinski definition) is 4. The van der Waals surface area contributed by atoms with Gasteiger partial charge in [0, 0.05) is 9.86 Å². The maximum absolute atomic E-state index is 12.7. The molecule has 5 nitrogen and oxygen atoms in total. The van der Waals surface area contributed by atoms with Crippen LogP contribution in [-0.4, -0.2) is 22.9 Å². The van der Waals surface area contributed by atoms with Gasteiger partial charge >= 0.3 is 5.97 Å². The average molecular weight is 387 g/mol. The fraction of sp³-hybridized carbons (Fsp3) is 0.167. The Morgan fingerprint density at radius 1 is 1.12 bits per heavy atom. The van der Waals surface area contributed by atoms with E-state index in [0.29, 0.717) is 23.0 Å². The Morgan fingerprint density at radius 2 is 1.79 bits per heavy atom. The SMILES string of the molecule is COC(=O)Cc1nn(Cc2ccc(Br)cc2)c(=O)c2ccccc12. The number of benzene rings is 2. The molecule has 3 rings (SSSR count). The number of esters is 1. The lowest BCUT2D eigenvalue weighted by atomic mass is 10.1. The molecule has 0 saturated carbocycles. The number of ether oxygens (including phenoxy) is 1. The standard InChI is InChI=1S/C18H15BrN2O3/c1-24-17(22)10-16-14-4-2-3-5-15(14)18(23)21(20-16)11-12-6-8-13(19)9-7-12/h2-9H,10-11H2,1H3. The number of methoxy groups -OCH3 is 1. The highest BCUT2D eigenvalue weighted by atomic mass is 79.9. The third kappa shape index (κ3) is 3.38. The maximum Gasteiger partial charge on any atom is 0.311 e. The van der Waals surface area contributed by atoms with Crippen LogP contribution in [0.1, 0.15) is 11.3 Å². The van der Waals surface area contributed by atoms with Gasteiger partial charge < -0.3 is 4.74 Å². The second-order valence-corrected chi connectivity index (χ2v) is 6.25. The van der Waals surface area contributed by atoms with Crippen LogP contribution in [0, 0.1) is 0 Å². The van der Waals surface area contributed by atoms with Gasteiger partial charge in [0.2, 0.25) is 0 Å². The van der Waals surface area contributed by atoms with E-state index in [0.717, 1.165) is 10.0 Å². The molecule has 3 aromatic rings. The lowest BCUT2D eigenvalue weighted by Gasteiger charge is -2.11. The summed E-state index contributed by atoms with van der Waals surface area (Å²) < 4.78 is 7.09. The lowest BCUT2D eigenvalue weighted by Crippen LogP contribution is -2.26. The van der Waals surface area contributed by atoms with Gasteiger partial charge in [-0.15, -0.1) is 0 Å². The number of hydrogen-bond donors (Lipinski definition) is 0. The minimum Gasteiger partial charge on any atom is -0.469 e. The van der Waals surface area contributed by atoms with E-state index < -0.39 is 0 Å². The van der Waals surface area contributed by atoms with Gasteiger partial charge in [-0.1, -0.05) is 46.3 Å². The largest absolute Gasteiger partial charge is 0.469 e. The molecule has 6 heteroatoms. The van der Waals surface area contributed by atoms with Gasteiger partial charge in [-0.25, -0.2) is 4.68 Å². The predicted octanol–water partition coefficient (Wildman–Crippen LogP) is 2.92. The summed E-state index contributed by atoms with van der Waals surface area (Å²) in [6.07, 6.45) is 0.0254. The third-order valence-electron chi connectivity index (χ3n) is 3.73. The highest BCUT2D eigenvalue weighted by Gasteiger charge is 2.14. The Bertz CT molecular complexity index is 949. The molecule has 0 aliphatic carbocycles. The second kappa shape index (κ2) is 6.97. The van der Waals surface area contributed by atoms with Crippen molar-refractivity contribution in [3.63, 3.8) is 0 Å². The van der Waals surface area contributed by atoms with E-state index in [-0.39, 0.29) is 17.9 Å². The molecule has 0 atom stereocenters. The smallest absolute Gasteiger partial charge is 0.311 e. The molecule has 0 unspecified atom stereocenters. The zero-order valence-electron chi connectivity index (χ0n) is 13.0. The number of rotatable bonds is 4. The molecule has 0 amide bonds. The van der Waals surface area contributed by atoms with Crippen LogP contribution in [0.15, 0.2) is 57.8 Å². The fourth-order valence-corrected chi connectivity index (χ4v) is 2.78. The molecule has 0 saturated heterocycles. The molecule has 122 valence electrons. The zero-order chi connectivity index (χ0) is 17.1. The first kappa shape index (κ1) is 16.4. The Hall–Kier alpha value is -2.47. The van der Waals surface area contributed by atoms with Crippen LogP contribution in [0.25, 0.3) is 10.8 Å². The Labute approximate surface area is 147 Å². The molecule has 1 heterocycles. The van der Waals surface area contributed by atoms with Crippen LogP contribution in [0.3, 0.4) is 0 Å². The molecule has 0 radical (unpaired) electrons. The van der Waals surface area contributed by atoms with Crippen molar-refractivity contribution < 1.29 is 9.53 Å². The quantitative estimate of drug-likeness (QED) is 0.646. The molecule has 24 heavy (non-hydrogen) atoms. The van der Waals surface area contributed by atoms with Crippen LogP contribution in [0.5, 0.6) is 0 Å². The van der Waals surface area contributed by atoms with Crippen LogP contribution in [0.2, 0.25) is 0 Å². The molecule has 0 aliphatic heterocycles. The highest BCUT2D eigenvalue weighted by Crippen LogP contribution is 2.15. The summed E-state index contributed by atoms with van der Waals surface area (Å²) in [5, 5.41) is 5.62. The summed E-state index contributed by atoms with van der Waals surface area (Å²) >= 11 is 3.39. The minimum absolute atomic E-state index is 0.0254. The molecule has 0 N–H and O–H groups in total. The van der Waals surface area contributed by atoms with Gasteiger partial charge in [0.05, 0.1) is 31.2 Å². The number of aromatic nitrogens is 2. The van der Waals surface area contributed by atoms with Crippen LogP contribution < -0.4 is 5.56 Å². The molecule has 0 bridgehead atoms. The summed E-state index contributed by atoms with van der Waals surface area (Å²) in [4.78, 5) is 24.3. The van der Waals surface area contributed by atoms with Crippen molar-refractivity contribution in [1.82, 2.24) is 9.78 Å². The predicted molar refractivity (Wildman–Crippen MR) is 95.0 cm³/mol. The maximum atomic E-state index is 12.7. The Balaban J connectivity index is 2.10. The first-order valence-corrected chi connectivity index (χ1v) is 8.18.